The maximum atomic E-state index is 13.0. The van der Waals surface area contributed by atoms with E-state index in [0.717, 1.165) is 22.0 Å². The molecule has 1 saturated heterocycles. The molecule has 0 saturated carbocycles. The van der Waals surface area contributed by atoms with Crippen molar-refractivity contribution < 1.29 is 23.8 Å². The fourth-order valence-corrected chi connectivity index (χ4v) is 5.20. The van der Waals surface area contributed by atoms with E-state index in [1.165, 1.54) is 16.7 Å². The van der Waals surface area contributed by atoms with Crippen LogP contribution in [0.3, 0.4) is 0 Å². The van der Waals surface area contributed by atoms with Crippen molar-refractivity contribution in [2.75, 3.05) is 19.8 Å². The summed E-state index contributed by atoms with van der Waals surface area (Å²) in [6.07, 6.45) is 3.33. The van der Waals surface area contributed by atoms with E-state index < -0.39 is 0 Å². The van der Waals surface area contributed by atoms with Crippen LogP contribution in [-0.4, -0.2) is 40.9 Å². The van der Waals surface area contributed by atoms with Crippen LogP contribution in [0.1, 0.15) is 44.2 Å². The predicted molar refractivity (Wildman–Crippen MR) is 146 cm³/mol. The van der Waals surface area contributed by atoms with E-state index in [0.29, 0.717) is 53.5 Å². The number of nitrogens with zero attached hydrogens (tertiary/aromatic N) is 1. The zero-order valence-electron chi connectivity index (χ0n) is 19.8. The summed E-state index contributed by atoms with van der Waals surface area (Å²) in [6.45, 7) is 5.52. The van der Waals surface area contributed by atoms with Gasteiger partial charge >= 0.3 is 5.97 Å². The molecule has 0 spiro atoms. The van der Waals surface area contributed by atoms with Gasteiger partial charge in [0.1, 0.15) is 10.9 Å². The number of halogens is 1. The van der Waals surface area contributed by atoms with Gasteiger partial charge in [-0.2, -0.15) is 0 Å². The molecule has 0 N–H and O–H groups in total. The number of carbonyl (C=O) groups is 2. The number of esters is 1. The van der Waals surface area contributed by atoms with Crippen LogP contribution < -0.4 is 9.47 Å². The van der Waals surface area contributed by atoms with Gasteiger partial charge in [0.05, 0.1) is 22.6 Å². The monoisotopic (exact) mass is 577 g/mol. The van der Waals surface area contributed by atoms with Crippen molar-refractivity contribution in [2.24, 2.45) is 0 Å². The highest BCUT2D eigenvalue weighted by Crippen LogP contribution is 2.39. The summed E-state index contributed by atoms with van der Waals surface area (Å²) >= 11 is 10.3. The zero-order valence-corrected chi connectivity index (χ0v) is 23.0. The molecule has 0 unspecified atom stereocenters. The molecule has 1 aliphatic heterocycles. The Morgan fingerprint density at radius 2 is 1.94 bits per heavy atom. The zero-order chi connectivity index (χ0) is 25.2. The minimum atomic E-state index is -0.254. The molecular weight excluding hydrogens is 550 g/mol. The quantitative estimate of drug-likeness (QED) is 0.165. The first kappa shape index (κ1) is 27.2. The molecule has 186 valence electrons. The Hall–Kier alpha value is -2.36. The first-order chi connectivity index (χ1) is 16.9. The molecular formula is C26H28BrNO5S2. The van der Waals surface area contributed by atoms with E-state index in [1.807, 2.05) is 56.3 Å². The number of benzene rings is 2. The summed E-state index contributed by atoms with van der Waals surface area (Å²) in [4.78, 5) is 26.7. The molecule has 0 aromatic heterocycles. The van der Waals surface area contributed by atoms with Crippen LogP contribution >= 0.6 is 39.9 Å². The average molecular weight is 579 g/mol. The van der Waals surface area contributed by atoms with Gasteiger partial charge in [-0.25, -0.2) is 0 Å². The first-order valence-corrected chi connectivity index (χ1v) is 13.5. The van der Waals surface area contributed by atoms with Crippen LogP contribution in [0.4, 0.5) is 0 Å². The van der Waals surface area contributed by atoms with E-state index >= 15 is 0 Å². The van der Waals surface area contributed by atoms with Crippen LogP contribution in [-0.2, 0) is 20.9 Å². The highest BCUT2D eigenvalue weighted by molar-refractivity contribution is 9.10. The summed E-state index contributed by atoms with van der Waals surface area (Å²) in [5.74, 6) is 0.775. The van der Waals surface area contributed by atoms with E-state index in [-0.39, 0.29) is 18.3 Å². The molecule has 2 aromatic rings. The number of carbonyl (C=O) groups excluding carboxylic acids is 2. The Morgan fingerprint density at radius 3 is 2.66 bits per heavy atom. The molecule has 3 rings (SSSR count). The lowest BCUT2D eigenvalue weighted by Crippen LogP contribution is -2.29. The molecule has 35 heavy (non-hydrogen) atoms. The maximum Gasteiger partial charge on any atom is 0.305 e. The number of hydrogen-bond acceptors (Lipinski definition) is 7. The molecule has 1 amide bonds. The van der Waals surface area contributed by atoms with Gasteiger partial charge in [-0.1, -0.05) is 61.2 Å². The summed E-state index contributed by atoms with van der Waals surface area (Å²) in [6, 6.07) is 13.6. The minimum Gasteiger partial charge on any atom is -0.490 e. The third-order valence-corrected chi connectivity index (χ3v) is 6.93. The molecule has 1 fully saturated rings. The van der Waals surface area contributed by atoms with E-state index in [2.05, 4.69) is 15.9 Å². The normalized spacial score (nSPS) is 14.5. The standard InChI is InChI=1S/C26H28BrNO5S2/c1-3-13-32-23(29)11-8-12-28-25(30)22(35-26(28)34)16-19-14-20(27)24(21(15-19)31-4-2)33-17-18-9-6-5-7-10-18/h5-7,9-10,14-16H,3-4,8,11-13,17H2,1-2H3/b22-16-. The van der Waals surface area contributed by atoms with E-state index in [9.17, 15) is 9.59 Å². The molecule has 2 aromatic carbocycles. The lowest BCUT2D eigenvalue weighted by atomic mass is 10.1. The van der Waals surface area contributed by atoms with Crippen molar-refractivity contribution in [3.63, 3.8) is 0 Å². The second kappa shape index (κ2) is 13.7. The first-order valence-electron chi connectivity index (χ1n) is 11.5. The number of ether oxygens (including phenoxy) is 3. The van der Waals surface area contributed by atoms with Crippen LogP contribution in [0.5, 0.6) is 11.5 Å². The topological polar surface area (TPSA) is 65.1 Å². The number of amides is 1. The molecule has 1 aliphatic rings. The van der Waals surface area contributed by atoms with Crippen molar-refractivity contribution in [3.05, 3.63) is 63.0 Å². The highest BCUT2D eigenvalue weighted by atomic mass is 79.9. The molecule has 0 bridgehead atoms. The van der Waals surface area contributed by atoms with Gasteiger partial charge in [0.15, 0.2) is 11.5 Å². The Bertz CT molecular complexity index is 1090. The lowest BCUT2D eigenvalue weighted by Gasteiger charge is -2.15. The summed E-state index contributed by atoms with van der Waals surface area (Å²) in [7, 11) is 0. The predicted octanol–water partition coefficient (Wildman–Crippen LogP) is 6.36. The van der Waals surface area contributed by atoms with Gasteiger partial charge in [0, 0.05) is 13.0 Å². The SMILES string of the molecule is CCCOC(=O)CCCN1C(=O)/C(=C/c2cc(Br)c(OCc3ccccc3)c(OCC)c2)SC1=S. The Morgan fingerprint density at radius 1 is 1.17 bits per heavy atom. The van der Waals surface area contributed by atoms with Crippen molar-refractivity contribution in [1.82, 2.24) is 4.90 Å². The van der Waals surface area contributed by atoms with Crippen LogP contribution in [0.25, 0.3) is 6.08 Å². The lowest BCUT2D eigenvalue weighted by molar-refractivity contribution is -0.144. The Balaban J connectivity index is 1.70. The third kappa shape index (κ3) is 7.81. The smallest absolute Gasteiger partial charge is 0.305 e. The molecule has 6 nitrogen and oxygen atoms in total. The van der Waals surface area contributed by atoms with Crippen molar-refractivity contribution >= 4 is 62.2 Å². The molecule has 0 radical (unpaired) electrons. The van der Waals surface area contributed by atoms with Crippen molar-refractivity contribution in [1.29, 1.82) is 0 Å². The highest BCUT2D eigenvalue weighted by Gasteiger charge is 2.31. The maximum absolute atomic E-state index is 13.0. The van der Waals surface area contributed by atoms with E-state index in [1.54, 1.807) is 6.08 Å². The second-order valence-electron chi connectivity index (χ2n) is 7.69. The van der Waals surface area contributed by atoms with Gasteiger partial charge in [0.25, 0.3) is 5.91 Å². The second-order valence-corrected chi connectivity index (χ2v) is 10.2. The largest absolute Gasteiger partial charge is 0.490 e. The summed E-state index contributed by atoms with van der Waals surface area (Å²) in [5, 5.41) is 0. The number of thioether (sulfide) groups is 1. The third-order valence-electron chi connectivity index (χ3n) is 4.96. The average Bonchev–Trinajstić information content (AvgIpc) is 3.10. The Labute approximate surface area is 224 Å². The fraction of sp³-hybridized carbons (Fsp3) is 0.346. The summed E-state index contributed by atoms with van der Waals surface area (Å²) < 4.78 is 18.2. The Kier molecular flexibility index (Phi) is 10.6. The van der Waals surface area contributed by atoms with Crippen LogP contribution in [0.2, 0.25) is 0 Å². The number of hydrogen-bond donors (Lipinski definition) is 0. The fourth-order valence-electron chi connectivity index (χ4n) is 3.32. The van der Waals surface area contributed by atoms with Gasteiger partial charge in [0.2, 0.25) is 0 Å². The van der Waals surface area contributed by atoms with Gasteiger partial charge < -0.3 is 14.2 Å². The number of thiocarbonyl (C=S) groups is 1. The molecule has 0 atom stereocenters. The summed E-state index contributed by atoms with van der Waals surface area (Å²) in [5.41, 5.74) is 1.84. The van der Waals surface area contributed by atoms with Crippen LogP contribution in [0.15, 0.2) is 51.8 Å². The minimum absolute atomic E-state index is 0.166. The van der Waals surface area contributed by atoms with Crippen molar-refractivity contribution in [3.8, 4) is 11.5 Å². The number of rotatable bonds is 12. The van der Waals surface area contributed by atoms with Gasteiger partial charge in [-0.05, 0) is 65.0 Å². The molecule has 1 heterocycles. The molecule has 0 aliphatic carbocycles. The van der Waals surface area contributed by atoms with Gasteiger partial charge in [-0.15, -0.1) is 0 Å². The van der Waals surface area contributed by atoms with Crippen LogP contribution in [0, 0.1) is 0 Å². The van der Waals surface area contributed by atoms with E-state index in [4.69, 9.17) is 26.4 Å². The molecule has 9 heteroatoms. The van der Waals surface area contributed by atoms with Crippen molar-refractivity contribution in [2.45, 2.75) is 39.7 Å². The van der Waals surface area contributed by atoms with Gasteiger partial charge in [-0.3, -0.25) is 14.5 Å².